The first-order valence-electron chi connectivity index (χ1n) is 12.9. The SMILES string of the molecule is C=CCCOc1ccc(OCc2ccc(-c3ccc(-c4ccc(C(O)CCC)cc4)c(F)c3F)cc2)cc1F. The standard InChI is InChI=1S/C33H31F3O3/c1-3-5-19-38-31-18-15-26(20-29(31)34)39-21-22-7-9-23(10-8-22)27-16-17-28(33(36)32(27)35)24-11-13-25(14-12-24)30(37)6-4-2/h3,7-18,20,30,37H,1,4-6,19,21H2,2H3. The van der Waals surface area contributed by atoms with Gasteiger partial charge >= 0.3 is 0 Å². The molecule has 0 aliphatic heterocycles. The minimum atomic E-state index is -0.933. The molecule has 0 heterocycles. The van der Waals surface area contributed by atoms with Crippen molar-refractivity contribution in [1.82, 2.24) is 0 Å². The number of aliphatic hydroxyl groups excluding tert-OH is 1. The predicted octanol–water partition coefficient (Wildman–Crippen LogP) is 8.81. The average Bonchev–Trinajstić information content (AvgIpc) is 2.95. The van der Waals surface area contributed by atoms with Crippen LogP contribution in [0.1, 0.15) is 43.4 Å². The van der Waals surface area contributed by atoms with Crippen molar-refractivity contribution in [2.45, 2.75) is 38.9 Å². The van der Waals surface area contributed by atoms with E-state index in [4.69, 9.17) is 9.47 Å². The molecule has 0 radical (unpaired) electrons. The second-order valence-corrected chi connectivity index (χ2v) is 9.22. The van der Waals surface area contributed by atoms with Crippen molar-refractivity contribution in [2.24, 2.45) is 0 Å². The summed E-state index contributed by atoms with van der Waals surface area (Å²) in [5.41, 5.74) is 2.89. The molecule has 0 amide bonds. The van der Waals surface area contributed by atoms with Gasteiger partial charge in [0.1, 0.15) is 12.4 Å². The van der Waals surface area contributed by atoms with Gasteiger partial charge in [0.2, 0.25) is 0 Å². The third kappa shape index (κ3) is 6.89. The van der Waals surface area contributed by atoms with Gasteiger partial charge in [0.25, 0.3) is 0 Å². The van der Waals surface area contributed by atoms with Gasteiger partial charge in [-0.05, 0) is 47.2 Å². The van der Waals surface area contributed by atoms with Gasteiger partial charge in [0, 0.05) is 17.2 Å². The fourth-order valence-electron chi connectivity index (χ4n) is 4.21. The van der Waals surface area contributed by atoms with E-state index in [0.717, 1.165) is 17.5 Å². The van der Waals surface area contributed by atoms with E-state index in [0.29, 0.717) is 36.3 Å². The number of hydrogen-bond donors (Lipinski definition) is 1. The molecular weight excluding hydrogens is 501 g/mol. The summed E-state index contributed by atoms with van der Waals surface area (Å²) in [5, 5.41) is 10.1. The van der Waals surface area contributed by atoms with Crippen LogP contribution >= 0.6 is 0 Å². The molecule has 4 rings (SSSR count). The van der Waals surface area contributed by atoms with Crippen LogP contribution in [0, 0.1) is 17.5 Å². The molecule has 1 N–H and O–H groups in total. The molecule has 0 fully saturated rings. The first kappa shape index (κ1) is 28.0. The lowest BCUT2D eigenvalue weighted by Crippen LogP contribution is -2.00. The molecule has 0 bridgehead atoms. The summed E-state index contributed by atoms with van der Waals surface area (Å²) in [6, 6.07) is 21.3. The molecule has 202 valence electrons. The molecule has 0 aliphatic rings. The van der Waals surface area contributed by atoms with Crippen molar-refractivity contribution in [1.29, 1.82) is 0 Å². The summed E-state index contributed by atoms with van der Waals surface area (Å²) in [4.78, 5) is 0. The Kier molecular flexibility index (Phi) is 9.45. The molecule has 3 nitrogen and oxygen atoms in total. The lowest BCUT2D eigenvalue weighted by molar-refractivity contribution is 0.166. The third-order valence-corrected chi connectivity index (χ3v) is 6.40. The maximum absolute atomic E-state index is 15.1. The molecule has 0 aromatic heterocycles. The van der Waals surface area contributed by atoms with Gasteiger partial charge in [0.05, 0.1) is 12.7 Å². The molecule has 0 spiro atoms. The Morgan fingerprint density at radius 1 is 0.821 bits per heavy atom. The smallest absolute Gasteiger partial charge is 0.168 e. The topological polar surface area (TPSA) is 38.7 Å². The number of ether oxygens (including phenoxy) is 2. The Labute approximate surface area is 227 Å². The van der Waals surface area contributed by atoms with Crippen LogP contribution in [0.2, 0.25) is 0 Å². The van der Waals surface area contributed by atoms with Crippen molar-refractivity contribution in [3.8, 4) is 33.8 Å². The highest BCUT2D eigenvalue weighted by atomic mass is 19.2. The predicted molar refractivity (Wildman–Crippen MR) is 148 cm³/mol. The van der Waals surface area contributed by atoms with Gasteiger partial charge in [-0.1, -0.05) is 80.1 Å². The van der Waals surface area contributed by atoms with Crippen LogP contribution in [-0.2, 0) is 6.61 Å². The monoisotopic (exact) mass is 532 g/mol. The van der Waals surface area contributed by atoms with Gasteiger partial charge in [-0.15, -0.1) is 6.58 Å². The number of halogens is 3. The van der Waals surface area contributed by atoms with Crippen molar-refractivity contribution in [3.05, 3.63) is 120 Å². The van der Waals surface area contributed by atoms with E-state index in [1.54, 1.807) is 72.8 Å². The summed E-state index contributed by atoms with van der Waals surface area (Å²) in [6.45, 7) is 6.11. The van der Waals surface area contributed by atoms with E-state index in [1.165, 1.54) is 12.1 Å². The van der Waals surface area contributed by atoms with E-state index < -0.39 is 23.6 Å². The van der Waals surface area contributed by atoms with Crippen LogP contribution in [0.4, 0.5) is 13.2 Å². The third-order valence-electron chi connectivity index (χ3n) is 6.40. The van der Waals surface area contributed by atoms with E-state index in [1.807, 2.05) is 6.92 Å². The molecule has 1 unspecified atom stereocenters. The van der Waals surface area contributed by atoms with Gasteiger partial charge in [0.15, 0.2) is 23.2 Å². The average molecular weight is 533 g/mol. The molecule has 1 atom stereocenters. The molecule has 0 aliphatic carbocycles. The maximum Gasteiger partial charge on any atom is 0.168 e. The summed E-state index contributed by atoms with van der Waals surface area (Å²) in [5.74, 6) is -1.88. The second kappa shape index (κ2) is 13.2. The van der Waals surface area contributed by atoms with E-state index in [2.05, 4.69) is 6.58 Å². The molecule has 4 aromatic rings. The van der Waals surface area contributed by atoms with Crippen LogP contribution in [-0.4, -0.2) is 11.7 Å². The van der Waals surface area contributed by atoms with Crippen molar-refractivity contribution in [2.75, 3.05) is 6.61 Å². The molecule has 6 heteroatoms. The Morgan fingerprint density at radius 3 is 2.00 bits per heavy atom. The summed E-state index contributed by atoms with van der Waals surface area (Å²) in [6.07, 6.45) is 3.23. The van der Waals surface area contributed by atoms with Crippen LogP contribution in [0.3, 0.4) is 0 Å². The normalized spacial score (nSPS) is 11.7. The highest BCUT2D eigenvalue weighted by Crippen LogP contribution is 2.33. The van der Waals surface area contributed by atoms with Gasteiger partial charge in [-0.25, -0.2) is 13.2 Å². The molecule has 0 saturated heterocycles. The zero-order chi connectivity index (χ0) is 27.8. The fourth-order valence-corrected chi connectivity index (χ4v) is 4.21. The van der Waals surface area contributed by atoms with Crippen LogP contribution in [0.15, 0.2) is 91.5 Å². The Hall–Kier alpha value is -4.03. The lowest BCUT2D eigenvalue weighted by atomic mass is 9.96. The number of hydrogen-bond acceptors (Lipinski definition) is 3. The number of benzene rings is 4. The second-order valence-electron chi connectivity index (χ2n) is 9.22. The molecule has 4 aromatic carbocycles. The minimum absolute atomic E-state index is 0.146. The first-order chi connectivity index (χ1) is 18.9. The van der Waals surface area contributed by atoms with E-state index in [-0.39, 0.29) is 23.5 Å². The number of rotatable bonds is 12. The summed E-state index contributed by atoms with van der Waals surface area (Å²) < 4.78 is 55.4. The highest BCUT2D eigenvalue weighted by Gasteiger charge is 2.17. The quantitative estimate of drug-likeness (QED) is 0.146. The summed E-state index contributed by atoms with van der Waals surface area (Å²) >= 11 is 0. The largest absolute Gasteiger partial charge is 0.490 e. The first-order valence-corrected chi connectivity index (χ1v) is 12.9. The van der Waals surface area contributed by atoms with Gasteiger partial charge in [-0.3, -0.25) is 0 Å². The van der Waals surface area contributed by atoms with Gasteiger partial charge in [-0.2, -0.15) is 0 Å². The number of aliphatic hydroxyl groups is 1. The fraction of sp³-hybridized carbons (Fsp3) is 0.212. The summed E-state index contributed by atoms with van der Waals surface area (Å²) in [7, 11) is 0. The maximum atomic E-state index is 15.1. The van der Waals surface area contributed by atoms with Crippen molar-refractivity contribution < 1.29 is 27.8 Å². The Bertz CT molecular complexity index is 1400. The van der Waals surface area contributed by atoms with Gasteiger partial charge < -0.3 is 14.6 Å². The zero-order valence-electron chi connectivity index (χ0n) is 21.8. The van der Waals surface area contributed by atoms with Crippen molar-refractivity contribution in [3.63, 3.8) is 0 Å². The molecular formula is C33H31F3O3. The van der Waals surface area contributed by atoms with Crippen LogP contribution < -0.4 is 9.47 Å². The van der Waals surface area contributed by atoms with Crippen LogP contribution in [0.25, 0.3) is 22.3 Å². The van der Waals surface area contributed by atoms with Crippen molar-refractivity contribution >= 4 is 0 Å². The molecule has 0 saturated carbocycles. The minimum Gasteiger partial charge on any atom is -0.490 e. The zero-order valence-corrected chi connectivity index (χ0v) is 21.8. The molecule has 39 heavy (non-hydrogen) atoms. The van der Waals surface area contributed by atoms with E-state index in [9.17, 15) is 9.50 Å². The highest BCUT2D eigenvalue weighted by molar-refractivity contribution is 5.72. The lowest BCUT2D eigenvalue weighted by Gasteiger charge is -2.13. The van der Waals surface area contributed by atoms with Crippen LogP contribution in [0.5, 0.6) is 11.5 Å². The van der Waals surface area contributed by atoms with E-state index >= 15 is 8.78 Å². The Balaban J connectivity index is 1.42. The Morgan fingerprint density at radius 2 is 1.44 bits per heavy atom.